The molecule has 0 unspecified atom stereocenters. The molecule has 0 spiro atoms. The normalized spacial score (nSPS) is 14.2. The van der Waals surface area contributed by atoms with Gasteiger partial charge in [0.25, 0.3) is 5.91 Å². The predicted octanol–water partition coefficient (Wildman–Crippen LogP) is 1.42. The third kappa shape index (κ3) is 3.81. The molecule has 1 amide bonds. The molecule has 2 rings (SSSR count). The number of thioether (sulfide) groups is 1. The van der Waals surface area contributed by atoms with Crippen molar-refractivity contribution in [3.05, 3.63) is 4.88 Å². The number of thiazole rings is 1. The van der Waals surface area contributed by atoms with E-state index in [1.807, 2.05) is 0 Å². The summed E-state index contributed by atoms with van der Waals surface area (Å²) < 4.78 is 0. The average Bonchev–Trinajstić information content (AvgIpc) is 3.07. The summed E-state index contributed by atoms with van der Waals surface area (Å²) in [4.78, 5) is 19.0. The Kier molecular flexibility index (Phi) is 5.56. The molecule has 2 heterocycles. The number of terminal acetylenes is 1. The first-order valence-corrected chi connectivity index (χ1v) is 8.50. The Morgan fingerprint density at radius 3 is 3.00 bits per heavy atom. The number of nitrogens with one attached hydrogen (secondary N) is 1. The zero-order chi connectivity index (χ0) is 14.4. The van der Waals surface area contributed by atoms with E-state index in [4.69, 9.17) is 12.2 Å². The van der Waals surface area contributed by atoms with Crippen LogP contribution in [0.5, 0.6) is 0 Å². The molecule has 1 fully saturated rings. The van der Waals surface area contributed by atoms with Crippen molar-refractivity contribution < 1.29 is 4.79 Å². The molecule has 7 heteroatoms. The number of nitrogens with two attached hydrogens (primary N) is 1. The third-order valence-corrected chi connectivity index (χ3v) is 4.94. The second-order valence-corrected chi connectivity index (χ2v) is 6.50. The van der Waals surface area contributed by atoms with Gasteiger partial charge in [-0.25, -0.2) is 4.98 Å². The SMILES string of the molecule is C#CCSCCNC(=O)c1sc(N2CCCC2)nc1N. The van der Waals surface area contributed by atoms with E-state index >= 15 is 0 Å². The van der Waals surface area contributed by atoms with Gasteiger partial charge in [-0.15, -0.1) is 18.2 Å². The first-order chi connectivity index (χ1) is 9.72. The van der Waals surface area contributed by atoms with E-state index in [0.717, 1.165) is 24.0 Å². The standard InChI is InChI=1S/C13H18N4OS2/c1-2-8-19-9-5-15-12(18)10-11(14)16-13(20-10)17-6-3-4-7-17/h1H,3-9,14H2,(H,15,18). The first-order valence-electron chi connectivity index (χ1n) is 6.53. The first kappa shape index (κ1) is 15.0. The van der Waals surface area contributed by atoms with E-state index < -0.39 is 0 Å². The van der Waals surface area contributed by atoms with Crippen molar-refractivity contribution in [2.24, 2.45) is 0 Å². The topological polar surface area (TPSA) is 71.2 Å². The molecule has 108 valence electrons. The molecule has 1 aromatic rings. The van der Waals surface area contributed by atoms with Crippen LogP contribution in [0, 0.1) is 12.3 Å². The van der Waals surface area contributed by atoms with Crippen molar-refractivity contribution in [3.63, 3.8) is 0 Å². The van der Waals surface area contributed by atoms with E-state index in [1.165, 1.54) is 24.2 Å². The van der Waals surface area contributed by atoms with Gasteiger partial charge < -0.3 is 16.0 Å². The van der Waals surface area contributed by atoms with Gasteiger partial charge >= 0.3 is 0 Å². The summed E-state index contributed by atoms with van der Waals surface area (Å²) >= 11 is 2.99. The number of nitrogen functional groups attached to an aromatic ring is 1. The Morgan fingerprint density at radius 2 is 2.30 bits per heavy atom. The molecule has 1 aliphatic heterocycles. The highest BCUT2D eigenvalue weighted by atomic mass is 32.2. The number of hydrogen-bond donors (Lipinski definition) is 2. The lowest BCUT2D eigenvalue weighted by molar-refractivity contribution is 0.0961. The van der Waals surface area contributed by atoms with E-state index in [0.29, 0.717) is 23.0 Å². The monoisotopic (exact) mass is 310 g/mol. The summed E-state index contributed by atoms with van der Waals surface area (Å²) in [6.45, 7) is 2.58. The van der Waals surface area contributed by atoms with Gasteiger partial charge in [0.05, 0.1) is 5.75 Å². The molecule has 0 aliphatic carbocycles. The Balaban J connectivity index is 1.88. The van der Waals surface area contributed by atoms with E-state index in [1.54, 1.807) is 11.8 Å². The Bertz CT molecular complexity index is 503. The second kappa shape index (κ2) is 7.41. The van der Waals surface area contributed by atoms with Crippen molar-refractivity contribution in [1.29, 1.82) is 0 Å². The van der Waals surface area contributed by atoms with Gasteiger partial charge in [0.1, 0.15) is 10.7 Å². The van der Waals surface area contributed by atoms with E-state index in [2.05, 4.69) is 21.1 Å². The number of aromatic nitrogens is 1. The minimum absolute atomic E-state index is 0.147. The van der Waals surface area contributed by atoms with Crippen molar-refractivity contribution in [2.75, 3.05) is 41.8 Å². The fraction of sp³-hybridized carbons (Fsp3) is 0.538. The number of carbonyl (C=O) groups is 1. The van der Waals surface area contributed by atoms with Crippen LogP contribution in [0.1, 0.15) is 22.5 Å². The fourth-order valence-electron chi connectivity index (χ4n) is 1.97. The number of nitrogens with zero attached hydrogens (tertiary/aromatic N) is 2. The van der Waals surface area contributed by atoms with Crippen LogP contribution in [0.4, 0.5) is 10.9 Å². The molecule has 0 atom stereocenters. The van der Waals surface area contributed by atoms with Gasteiger partial charge in [-0.3, -0.25) is 4.79 Å². The quantitative estimate of drug-likeness (QED) is 0.614. The highest BCUT2D eigenvalue weighted by molar-refractivity contribution is 7.99. The molecule has 0 aromatic carbocycles. The van der Waals surface area contributed by atoms with Crippen LogP contribution in [0.15, 0.2) is 0 Å². The molecule has 0 saturated carbocycles. The van der Waals surface area contributed by atoms with Crippen LogP contribution in [0.2, 0.25) is 0 Å². The second-order valence-electron chi connectivity index (χ2n) is 4.42. The van der Waals surface area contributed by atoms with E-state index in [-0.39, 0.29) is 5.91 Å². The predicted molar refractivity (Wildman–Crippen MR) is 86.5 cm³/mol. The molecule has 1 aliphatic rings. The van der Waals surface area contributed by atoms with Gasteiger partial charge in [0.2, 0.25) is 0 Å². The number of anilines is 2. The zero-order valence-electron chi connectivity index (χ0n) is 11.2. The fourth-order valence-corrected chi connectivity index (χ4v) is 3.44. The number of amides is 1. The molecule has 0 radical (unpaired) electrons. The maximum Gasteiger partial charge on any atom is 0.265 e. The highest BCUT2D eigenvalue weighted by Gasteiger charge is 2.21. The molecule has 1 aromatic heterocycles. The van der Waals surface area contributed by atoms with E-state index in [9.17, 15) is 4.79 Å². The maximum absolute atomic E-state index is 12.0. The van der Waals surface area contributed by atoms with Crippen LogP contribution >= 0.6 is 23.1 Å². The number of rotatable bonds is 6. The summed E-state index contributed by atoms with van der Waals surface area (Å²) in [6.07, 6.45) is 7.51. The molecule has 20 heavy (non-hydrogen) atoms. The van der Waals surface area contributed by atoms with Crippen LogP contribution < -0.4 is 16.0 Å². The maximum atomic E-state index is 12.0. The highest BCUT2D eigenvalue weighted by Crippen LogP contribution is 2.30. The number of carbonyl (C=O) groups excluding carboxylic acids is 1. The molecule has 3 N–H and O–H groups in total. The van der Waals surface area contributed by atoms with Crippen molar-refractivity contribution in [1.82, 2.24) is 10.3 Å². The zero-order valence-corrected chi connectivity index (χ0v) is 12.9. The largest absolute Gasteiger partial charge is 0.382 e. The lowest BCUT2D eigenvalue weighted by Gasteiger charge is -2.11. The van der Waals surface area contributed by atoms with Crippen LogP contribution in [0.3, 0.4) is 0 Å². The van der Waals surface area contributed by atoms with Crippen molar-refractivity contribution in [2.45, 2.75) is 12.8 Å². The Labute approximate surface area is 127 Å². The summed E-state index contributed by atoms with van der Waals surface area (Å²) in [5.74, 6) is 4.19. The summed E-state index contributed by atoms with van der Waals surface area (Å²) in [5, 5.41) is 3.70. The van der Waals surface area contributed by atoms with Gasteiger partial charge in [0, 0.05) is 25.4 Å². The smallest absolute Gasteiger partial charge is 0.265 e. The summed E-state index contributed by atoms with van der Waals surface area (Å²) in [5.41, 5.74) is 5.84. The summed E-state index contributed by atoms with van der Waals surface area (Å²) in [7, 11) is 0. The Hall–Kier alpha value is -1.39. The minimum Gasteiger partial charge on any atom is -0.382 e. The third-order valence-electron chi connectivity index (χ3n) is 2.94. The molecular weight excluding hydrogens is 292 g/mol. The molecule has 5 nitrogen and oxygen atoms in total. The summed E-state index contributed by atoms with van der Waals surface area (Å²) in [6, 6.07) is 0. The van der Waals surface area contributed by atoms with Gasteiger partial charge in [-0.1, -0.05) is 17.3 Å². The van der Waals surface area contributed by atoms with Gasteiger partial charge in [0.15, 0.2) is 5.13 Å². The van der Waals surface area contributed by atoms with Gasteiger partial charge in [-0.2, -0.15) is 0 Å². The van der Waals surface area contributed by atoms with Crippen LogP contribution in [0.25, 0.3) is 0 Å². The van der Waals surface area contributed by atoms with Crippen LogP contribution in [-0.4, -0.2) is 42.0 Å². The van der Waals surface area contributed by atoms with Gasteiger partial charge in [-0.05, 0) is 12.8 Å². The van der Waals surface area contributed by atoms with Crippen LogP contribution in [-0.2, 0) is 0 Å². The van der Waals surface area contributed by atoms with Crippen molar-refractivity contribution in [3.8, 4) is 12.3 Å². The average molecular weight is 310 g/mol. The molecular formula is C13H18N4OS2. The Morgan fingerprint density at radius 1 is 1.55 bits per heavy atom. The minimum atomic E-state index is -0.147. The lowest BCUT2D eigenvalue weighted by Crippen LogP contribution is -2.25. The lowest BCUT2D eigenvalue weighted by atomic mass is 10.4. The molecule has 1 saturated heterocycles. The molecule has 0 bridgehead atoms. The number of hydrogen-bond acceptors (Lipinski definition) is 6. The van der Waals surface area contributed by atoms with Crippen molar-refractivity contribution >= 4 is 40.0 Å².